The summed E-state index contributed by atoms with van der Waals surface area (Å²) in [4.78, 5) is 10.7. The van der Waals surface area contributed by atoms with Crippen LogP contribution in [-0.2, 0) is 4.79 Å². The highest BCUT2D eigenvalue weighted by Crippen LogP contribution is 2.34. The van der Waals surface area contributed by atoms with E-state index in [2.05, 4.69) is 17.9 Å². The van der Waals surface area contributed by atoms with Crippen molar-refractivity contribution in [3.63, 3.8) is 0 Å². The quantitative estimate of drug-likeness (QED) is 0.561. The van der Waals surface area contributed by atoms with Crippen molar-refractivity contribution >= 4 is 29.5 Å². The summed E-state index contributed by atoms with van der Waals surface area (Å²) in [6.07, 6.45) is 0.868. The first-order valence-electron chi connectivity index (χ1n) is 2.85. The van der Waals surface area contributed by atoms with Gasteiger partial charge in [-0.2, -0.15) is 0 Å². The predicted molar refractivity (Wildman–Crippen MR) is 42.6 cm³/mol. The van der Waals surface area contributed by atoms with Gasteiger partial charge in [0.2, 0.25) is 5.12 Å². The molecule has 0 aromatic rings. The Morgan fingerprint density at radius 1 is 2.00 bits per heavy atom. The molecule has 1 atom stereocenters. The van der Waals surface area contributed by atoms with Crippen LogP contribution in [0.3, 0.4) is 0 Å². The van der Waals surface area contributed by atoms with Gasteiger partial charge in [-0.1, -0.05) is 18.7 Å². The molecule has 1 fully saturated rings. The number of rotatable bonds is 1. The van der Waals surface area contributed by atoms with E-state index in [0.29, 0.717) is 6.54 Å². The molecule has 1 N–H and O–H groups in total. The van der Waals surface area contributed by atoms with Crippen LogP contribution in [0, 0.1) is 0 Å². The molecule has 0 aliphatic carbocycles. The van der Waals surface area contributed by atoms with Gasteiger partial charge in [-0.15, -0.1) is 12.6 Å². The van der Waals surface area contributed by atoms with Crippen LogP contribution in [0.1, 0.15) is 13.3 Å². The van der Waals surface area contributed by atoms with E-state index in [-0.39, 0.29) is 9.32 Å². The minimum Gasteiger partial charge on any atom is -0.286 e. The minimum atomic E-state index is -0.281. The fourth-order valence-electron chi connectivity index (χ4n) is 0.668. The lowest BCUT2D eigenvalue weighted by atomic mass is 10.4. The minimum absolute atomic E-state index is 0.187. The van der Waals surface area contributed by atoms with Crippen LogP contribution in [0.25, 0.3) is 0 Å². The lowest BCUT2D eigenvalue weighted by Gasteiger charge is -2.17. The zero-order chi connectivity index (χ0) is 6.91. The maximum atomic E-state index is 10.7. The molecule has 9 heavy (non-hydrogen) atoms. The zero-order valence-corrected chi connectivity index (χ0v) is 6.89. The summed E-state index contributed by atoms with van der Waals surface area (Å²) in [5.74, 6) is 0. The third-order valence-electron chi connectivity index (χ3n) is 1.27. The number of hydrogen-bond acceptors (Lipinski definition) is 4. The molecule has 1 saturated heterocycles. The average Bonchev–Trinajstić information content (AvgIpc) is 2.13. The van der Waals surface area contributed by atoms with Crippen molar-refractivity contribution in [3.8, 4) is 0 Å². The maximum absolute atomic E-state index is 10.7. The molecule has 1 aliphatic heterocycles. The van der Waals surface area contributed by atoms with E-state index < -0.39 is 0 Å². The van der Waals surface area contributed by atoms with Gasteiger partial charge in [0, 0.05) is 0 Å². The van der Waals surface area contributed by atoms with E-state index in [1.165, 1.54) is 11.8 Å². The van der Waals surface area contributed by atoms with Crippen molar-refractivity contribution in [2.24, 2.45) is 0 Å². The number of carbonyl (C=O) groups is 1. The Labute approximate surface area is 64.2 Å². The van der Waals surface area contributed by atoms with Gasteiger partial charge in [0.15, 0.2) is 0 Å². The SMILES string of the molecule is CCC1(S)NCC(=O)S1. The van der Waals surface area contributed by atoms with Crippen molar-refractivity contribution in [2.75, 3.05) is 6.54 Å². The van der Waals surface area contributed by atoms with Crippen LogP contribution >= 0.6 is 24.4 Å². The molecule has 1 aliphatic rings. The highest BCUT2D eigenvalue weighted by Gasteiger charge is 2.33. The first kappa shape index (κ1) is 7.44. The van der Waals surface area contributed by atoms with Crippen LogP contribution in [0.4, 0.5) is 0 Å². The summed E-state index contributed by atoms with van der Waals surface area (Å²) in [6, 6.07) is 0. The van der Waals surface area contributed by atoms with Gasteiger partial charge in [-0.3, -0.25) is 10.1 Å². The number of nitrogens with one attached hydrogen (secondary N) is 1. The van der Waals surface area contributed by atoms with E-state index in [1.807, 2.05) is 6.92 Å². The number of thioether (sulfide) groups is 1. The topological polar surface area (TPSA) is 29.1 Å². The second-order valence-electron chi connectivity index (χ2n) is 1.97. The van der Waals surface area contributed by atoms with Gasteiger partial charge < -0.3 is 0 Å². The van der Waals surface area contributed by atoms with Gasteiger partial charge >= 0.3 is 0 Å². The first-order valence-corrected chi connectivity index (χ1v) is 4.12. The van der Waals surface area contributed by atoms with Gasteiger partial charge in [0.25, 0.3) is 0 Å². The van der Waals surface area contributed by atoms with E-state index in [4.69, 9.17) is 0 Å². The predicted octanol–water partition coefficient (Wildman–Crippen LogP) is 0.843. The summed E-state index contributed by atoms with van der Waals surface area (Å²) in [5, 5.41) is 3.20. The molecule has 1 heterocycles. The fraction of sp³-hybridized carbons (Fsp3) is 0.800. The third-order valence-corrected chi connectivity index (χ3v) is 3.16. The molecule has 2 nitrogen and oxygen atoms in total. The molecule has 0 radical (unpaired) electrons. The van der Waals surface area contributed by atoms with Crippen molar-refractivity contribution in [2.45, 2.75) is 17.5 Å². The molecule has 0 saturated carbocycles. The molecule has 1 unspecified atom stereocenters. The Balaban J connectivity index is 2.54. The Morgan fingerprint density at radius 3 is 2.89 bits per heavy atom. The standard InChI is InChI=1S/C5H9NOS2/c1-2-5(8)6-3-4(7)9-5/h6,8H,2-3H2,1H3. The van der Waals surface area contributed by atoms with Crippen molar-refractivity contribution < 1.29 is 4.79 Å². The van der Waals surface area contributed by atoms with Gasteiger partial charge in [-0.25, -0.2) is 0 Å². The zero-order valence-electron chi connectivity index (χ0n) is 5.18. The lowest BCUT2D eigenvalue weighted by molar-refractivity contribution is -0.109. The highest BCUT2D eigenvalue weighted by atomic mass is 32.2. The largest absolute Gasteiger partial charge is 0.286 e. The van der Waals surface area contributed by atoms with Crippen LogP contribution in [0.2, 0.25) is 0 Å². The summed E-state index contributed by atoms with van der Waals surface area (Å²) in [6.45, 7) is 2.47. The summed E-state index contributed by atoms with van der Waals surface area (Å²) in [7, 11) is 0. The van der Waals surface area contributed by atoms with Crippen LogP contribution in [0.5, 0.6) is 0 Å². The maximum Gasteiger partial charge on any atom is 0.205 e. The van der Waals surface area contributed by atoms with Gasteiger partial charge in [-0.05, 0) is 6.42 Å². The molecule has 52 valence electrons. The molecule has 0 spiro atoms. The first-order chi connectivity index (χ1) is 4.16. The van der Waals surface area contributed by atoms with E-state index in [1.54, 1.807) is 0 Å². The van der Waals surface area contributed by atoms with Gasteiger partial charge in [0.1, 0.15) is 4.20 Å². The second-order valence-corrected chi connectivity index (χ2v) is 4.39. The Bertz CT molecular complexity index is 139. The smallest absolute Gasteiger partial charge is 0.205 e. The lowest BCUT2D eigenvalue weighted by Crippen LogP contribution is -2.29. The molecule has 0 aromatic heterocycles. The Hall–Kier alpha value is 0.330. The molecule has 4 heteroatoms. The van der Waals surface area contributed by atoms with Crippen LogP contribution < -0.4 is 5.32 Å². The van der Waals surface area contributed by atoms with E-state index in [0.717, 1.165) is 6.42 Å². The number of carbonyl (C=O) groups excluding carboxylic acids is 1. The number of hydrogen-bond donors (Lipinski definition) is 2. The van der Waals surface area contributed by atoms with Crippen molar-refractivity contribution in [3.05, 3.63) is 0 Å². The van der Waals surface area contributed by atoms with Crippen molar-refractivity contribution in [1.82, 2.24) is 5.32 Å². The molecule has 1 rings (SSSR count). The summed E-state index contributed by atoms with van der Waals surface area (Å²) < 4.78 is -0.281. The monoisotopic (exact) mass is 163 g/mol. The summed E-state index contributed by atoms with van der Waals surface area (Å²) in [5.41, 5.74) is 0. The molecule has 0 amide bonds. The Morgan fingerprint density at radius 2 is 2.67 bits per heavy atom. The number of thiol groups is 1. The third kappa shape index (κ3) is 1.63. The highest BCUT2D eigenvalue weighted by molar-refractivity contribution is 8.22. The normalized spacial score (nSPS) is 35.6. The summed E-state index contributed by atoms with van der Waals surface area (Å²) >= 11 is 5.55. The van der Waals surface area contributed by atoms with E-state index >= 15 is 0 Å². The van der Waals surface area contributed by atoms with E-state index in [9.17, 15) is 4.79 Å². The van der Waals surface area contributed by atoms with Gasteiger partial charge in [0.05, 0.1) is 6.54 Å². The molecular weight excluding hydrogens is 154 g/mol. The fourth-order valence-corrected chi connectivity index (χ4v) is 1.86. The van der Waals surface area contributed by atoms with Crippen LogP contribution in [-0.4, -0.2) is 15.9 Å². The average molecular weight is 163 g/mol. The Kier molecular flexibility index (Phi) is 2.08. The van der Waals surface area contributed by atoms with Crippen LogP contribution in [0.15, 0.2) is 0 Å². The molecule has 0 aromatic carbocycles. The molecular formula is C5H9NOS2. The molecule has 0 bridgehead atoms. The van der Waals surface area contributed by atoms with Crippen molar-refractivity contribution in [1.29, 1.82) is 0 Å². The second kappa shape index (κ2) is 2.52.